The van der Waals surface area contributed by atoms with Gasteiger partial charge in [-0.05, 0) is 42.4 Å². The van der Waals surface area contributed by atoms with Crippen LogP contribution in [0.3, 0.4) is 0 Å². The number of hydrogen-bond donors (Lipinski definition) is 2. The minimum atomic E-state index is -4.65. The Morgan fingerprint density at radius 3 is 2.49 bits per heavy atom. The van der Waals surface area contributed by atoms with Crippen LogP contribution in [0.4, 0.5) is 34.5 Å². The Bertz CT molecular complexity index is 1090. The van der Waals surface area contributed by atoms with Gasteiger partial charge in [0.1, 0.15) is 0 Å². The number of methoxy groups -OCH3 is 1. The van der Waals surface area contributed by atoms with Crippen molar-refractivity contribution in [3.63, 3.8) is 0 Å². The summed E-state index contributed by atoms with van der Waals surface area (Å²) in [6.45, 7) is 7.47. The molecule has 2 heterocycles. The predicted octanol–water partition coefficient (Wildman–Crippen LogP) is 5.57. The van der Waals surface area contributed by atoms with Gasteiger partial charge in [0, 0.05) is 37.2 Å². The molecule has 0 unspecified atom stereocenters. The summed E-state index contributed by atoms with van der Waals surface area (Å²) in [6.07, 6.45) is -4.21. The zero-order chi connectivity index (χ0) is 27.3. The first-order valence-corrected chi connectivity index (χ1v) is 12.8. The number of piperidine rings is 1. The lowest BCUT2D eigenvalue weighted by molar-refractivity contribution is -0.144. The van der Waals surface area contributed by atoms with Gasteiger partial charge >= 0.3 is 18.2 Å². The van der Waals surface area contributed by atoms with Gasteiger partial charge in [-0.15, -0.1) is 0 Å². The van der Waals surface area contributed by atoms with Crippen LogP contribution in [0.5, 0.6) is 0 Å². The molecule has 1 saturated heterocycles. The predicted molar refractivity (Wildman–Crippen MR) is 134 cm³/mol. The van der Waals surface area contributed by atoms with Gasteiger partial charge in [-0.1, -0.05) is 26.8 Å². The van der Waals surface area contributed by atoms with E-state index in [2.05, 4.69) is 33.4 Å². The van der Waals surface area contributed by atoms with Crippen molar-refractivity contribution in [1.29, 1.82) is 0 Å². The number of hydrogen-bond acceptors (Lipinski definition) is 8. The highest BCUT2D eigenvalue weighted by Crippen LogP contribution is 2.37. The highest BCUT2D eigenvalue weighted by Gasteiger charge is 2.36. The molecule has 0 saturated carbocycles. The van der Waals surface area contributed by atoms with Gasteiger partial charge in [-0.25, -0.2) is 4.79 Å². The molecule has 37 heavy (non-hydrogen) atoms. The number of ether oxygens (including phenoxy) is 1. The Hall–Kier alpha value is -3.09. The molecule has 1 atom stereocenters. The molecule has 9 nitrogen and oxygen atoms in total. The third kappa shape index (κ3) is 7.46. The van der Waals surface area contributed by atoms with Crippen molar-refractivity contribution >= 4 is 40.1 Å². The van der Waals surface area contributed by atoms with Crippen molar-refractivity contribution in [1.82, 2.24) is 14.3 Å². The minimum absolute atomic E-state index is 0.00320. The third-order valence-electron chi connectivity index (χ3n) is 6.26. The lowest BCUT2D eigenvalue weighted by atomic mass is 9.95. The van der Waals surface area contributed by atoms with Crippen LogP contribution in [0.1, 0.15) is 57.3 Å². The average Bonchev–Trinajstić information content (AvgIpc) is 3.31. The molecule has 3 rings (SSSR count). The molecule has 0 aliphatic carbocycles. The number of anilines is 3. The number of nitrogens with one attached hydrogen (secondary N) is 1. The van der Waals surface area contributed by atoms with E-state index >= 15 is 0 Å². The molecular formula is C24H32F3N5O4S. The summed E-state index contributed by atoms with van der Waals surface area (Å²) >= 11 is 0.616. The lowest BCUT2D eigenvalue weighted by Gasteiger charge is -2.40. The van der Waals surface area contributed by atoms with Crippen LogP contribution in [0.2, 0.25) is 0 Å². The fourth-order valence-corrected chi connectivity index (χ4v) is 4.97. The van der Waals surface area contributed by atoms with Crippen molar-refractivity contribution in [3.8, 4) is 0 Å². The number of benzene rings is 1. The van der Waals surface area contributed by atoms with E-state index in [1.54, 1.807) is 0 Å². The number of halogens is 3. The van der Waals surface area contributed by atoms with E-state index in [-0.39, 0.29) is 35.4 Å². The summed E-state index contributed by atoms with van der Waals surface area (Å²) in [6, 6.07) is 5.65. The maximum atomic E-state index is 13.1. The molecule has 1 aliphatic rings. The number of rotatable bonds is 9. The zero-order valence-electron chi connectivity index (χ0n) is 21.2. The monoisotopic (exact) mass is 543 g/mol. The number of carboxylic acid groups (broad SMARTS) is 1. The summed E-state index contributed by atoms with van der Waals surface area (Å²) < 4.78 is 47.5. The Balaban J connectivity index is 1.99. The van der Waals surface area contributed by atoms with Crippen LogP contribution in [0.15, 0.2) is 18.2 Å². The van der Waals surface area contributed by atoms with Crippen LogP contribution < -0.4 is 10.2 Å². The SMILES string of the molecule is COC(=O)C[C@@H](C)c1ccc(N(CC(C)C)C2CCN(C(=O)O)CC2)c(Nc2nc(C(F)(F)F)ns2)c1. The lowest BCUT2D eigenvalue weighted by Crippen LogP contribution is -2.47. The summed E-state index contributed by atoms with van der Waals surface area (Å²) in [5.41, 5.74) is 2.11. The first kappa shape index (κ1) is 28.5. The Morgan fingerprint density at radius 2 is 1.95 bits per heavy atom. The second kappa shape index (κ2) is 12.0. The molecule has 2 N–H and O–H groups in total. The quantitative estimate of drug-likeness (QED) is 0.395. The molecule has 1 aromatic carbocycles. The molecule has 13 heteroatoms. The van der Waals surface area contributed by atoms with Crippen LogP contribution in [-0.4, -0.2) is 64.2 Å². The largest absolute Gasteiger partial charge is 0.469 e. The molecule has 2 aromatic rings. The molecule has 1 aromatic heterocycles. The van der Waals surface area contributed by atoms with Crippen molar-refractivity contribution in [2.75, 3.05) is 37.0 Å². The fourth-order valence-electron chi connectivity index (χ4n) is 4.37. The number of carbonyl (C=O) groups excluding carboxylic acids is 1. The normalized spacial score (nSPS) is 15.5. The van der Waals surface area contributed by atoms with Crippen LogP contribution >= 0.6 is 11.5 Å². The second-order valence-electron chi connectivity index (χ2n) is 9.55. The number of aromatic nitrogens is 2. The molecule has 204 valence electrons. The topological polar surface area (TPSA) is 108 Å². The number of carbonyl (C=O) groups is 2. The highest BCUT2D eigenvalue weighted by atomic mass is 32.1. The first-order chi connectivity index (χ1) is 17.4. The van der Waals surface area contributed by atoms with E-state index < -0.39 is 18.1 Å². The number of likely N-dealkylation sites (tertiary alicyclic amines) is 1. The van der Waals surface area contributed by atoms with Crippen molar-refractivity contribution in [2.24, 2.45) is 5.92 Å². The summed E-state index contributed by atoms with van der Waals surface area (Å²) in [5, 5.41) is 12.4. The fraction of sp³-hybridized carbons (Fsp3) is 0.583. The van der Waals surface area contributed by atoms with Crippen molar-refractivity contribution in [3.05, 3.63) is 29.6 Å². The molecule has 0 spiro atoms. The maximum Gasteiger partial charge on any atom is 0.452 e. The summed E-state index contributed by atoms with van der Waals surface area (Å²) in [5.74, 6) is -1.50. The maximum absolute atomic E-state index is 13.1. The second-order valence-corrected chi connectivity index (χ2v) is 10.3. The number of alkyl halides is 3. The number of esters is 1. The summed E-state index contributed by atoms with van der Waals surface area (Å²) in [7, 11) is 1.32. The number of nitrogens with zero attached hydrogens (tertiary/aromatic N) is 4. The Morgan fingerprint density at radius 1 is 1.27 bits per heavy atom. The van der Waals surface area contributed by atoms with E-state index in [0.29, 0.717) is 49.7 Å². The van der Waals surface area contributed by atoms with Gasteiger partial charge in [0.25, 0.3) is 0 Å². The first-order valence-electron chi connectivity index (χ1n) is 12.0. The van der Waals surface area contributed by atoms with Crippen LogP contribution in [0.25, 0.3) is 0 Å². The molecule has 0 radical (unpaired) electrons. The minimum Gasteiger partial charge on any atom is -0.469 e. The molecule has 0 bridgehead atoms. The van der Waals surface area contributed by atoms with Crippen LogP contribution in [0, 0.1) is 5.92 Å². The Kier molecular flexibility index (Phi) is 9.21. The van der Waals surface area contributed by atoms with Crippen molar-refractivity contribution in [2.45, 2.75) is 58.2 Å². The number of amides is 1. The highest BCUT2D eigenvalue weighted by molar-refractivity contribution is 7.09. The molecule has 1 fully saturated rings. The van der Waals surface area contributed by atoms with Gasteiger partial charge in [0.05, 0.1) is 24.9 Å². The van der Waals surface area contributed by atoms with Gasteiger partial charge in [-0.2, -0.15) is 22.5 Å². The summed E-state index contributed by atoms with van der Waals surface area (Å²) in [4.78, 5) is 30.4. The van der Waals surface area contributed by atoms with E-state index in [4.69, 9.17) is 4.74 Å². The molecular weight excluding hydrogens is 511 g/mol. The average molecular weight is 544 g/mol. The van der Waals surface area contributed by atoms with E-state index in [0.717, 1.165) is 11.3 Å². The standard InChI is InChI=1S/C24H32F3N5O4S/c1-14(2)13-32(17-7-9-31(10-8-17)23(34)35)19-6-5-16(15(3)11-20(33)36-4)12-18(19)28-22-29-21(30-37-22)24(25,26)27/h5-6,12,14-15,17H,7-11,13H2,1-4H3,(H,34,35)(H,28,29,30)/t15-/m1/s1. The van der Waals surface area contributed by atoms with E-state index in [9.17, 15) is 27.9 Å². The molecule has 1 amide bonds. The van der Waals surface area contributed by atoms with Crippen molar-refractivity contribution < 1.29 is 32.6 Å². The Labute approximate surface area is 217 Å². The van der Waals surface area contributed by atoms with Gasteiger partial charge in [0.15, 0.2) is 0 Å². The van der Waals surface area contributed by atoms with Gasteiger partial charge < -0.3 is 25.0 Å². The van der Waals surface area contributed by atoms with E-state index in [1.165, 1.54) is 12.0 Å². The third-order valence-corrected chi connectivity index (χ3v) is 6.89. The van der Waals surface area contributed by atoms with Gasteiger partial charge in [0.2, 0.25) is 11.0 Å². The van der Waals surface area contributed by atoms with Crippen LogP contribution in [-0.2, 0) is 15.7 Å². The van der Waals surface area contributed by atoms with E-state index in [1.807, 2.05) is 25.1 Å². The van der Waals surface area contributed by atoms with Gasteiger partial charge in [-0.3, -0.25) is 4.79 Å². The molecule has 1 aliphatic heterocycles. The zero-order valence-corrected chi connectivity index (χ0v) is 22.0. The smallest absolute Gasteiger partial charge is 0.452 e.